The van der Waals surface area contributed by atoms with Crippen LogP contribution in [0, 0.1) is 5.92 Å². The van der Waals surface area contributed by atoms with Crippen LogP contribution >= 0.6 is 11.3 Å². The van der Waals surface area contributed by atoms with E-state index in [9.17, 15) is 9.90 Å². The van der Waals surface area contributed by atoms with Gasteiger partial charge in [-0.3, -0.25) is 0 Å². The molecule has 0 spiro atoms. The van der Waals surface area contributed by atoms with E-state index in [2.05, 4.69) is 4.90 Å². The summed E-state index contributed by atoms with van der Waals surface area (Å²) in [7, 11) is 3.45. The molecule has 5 heteroatoms. The second-order valence-electron chi connectivity index (χ2n) is 5.58. The van der Waals surface area contributed by atoms with Crippen molar-refractivity contribution in [3.63, 3.8) is 0 Å². The number of thiophene rings is 1. The first-order valence-electron chi connectivity index (χ1n) is 7.13. The van der Waals surface area contributed by atoms with Gasteiger partial charge in [-0.05, 0) is 42.8 Å². The molecule has 1 heterocycles. The number of esters is 1. The van der Waals surface area contributed by atoms with Gasteiger partial charge < -0.3 is 14.7 Å². The molecule has 1 aromatic rings. The summed E-state index contributed by atoms with van der Waals surface area (Å²) in [6, 6.07) is 1.98. The first-order chi connectivity index (χ1) is 9.61. The van der Waals surface area contributed by atoms with E-state index in [1.165, 1.54) is 24.9 Å². The van der Waals surface area contributed by atoms with E-state index >= 15 is 0 Å². The average Bonchev–Trinajstić information content (AvgIpc) is 2.88. The second-order valence-corrected chi connectivity index (χ2v) is 6.49. The standard InChI is InChI=1S/C15H23NO3S/c1-16(9-11-5-3-4-6-13(11)17)10-12-7-8-20-14(12)15(18)19-2/h7-8,11,13,17H,3-6,9-10H2,1-2H3. The summed E-state index contributed by atoms with van der Waals surface area (Å²) in [6.45, 7) is 1.59. The first kappa shape index (κ1) is 15.5. The van der Waals surface area contributed by atoms with E-state index in [0.717, 1.165) is 37.9 Å². The molecule has 4 nitrogen and oxygen atoms in total. The maximum atomic E-state index is 11.6. The molecular formula is C15H23NO3S. The number of carbonyl (C=O) groups excluding carboxylic acids is 1. The van der Waals surface area contributed by atoms with Crippen molar-refractivity contribution in [3.8, 4) is 0 Å². The van der Waals surface area contributed by atoms with Gasteiger partial charge in [-0.1, -0.05) is 12.8 Å². The Morgan fingerprint density at radius 1 is 1.50 bits per heavy atom. The van der Waals surface area contributed by atoms with E-state index < -0.39 is 0 Å². The predicted octanol–water partition coefficient (Wildman–Crippen LogP) is 2.52. The fraction of sp³-hybridized carbons (Fsp3) is 0.667. The lowest BCUT2D eigenvalue weighted by molar-refractivity contribution is 0.0497. The minimum Gasteiger partial charge on any atom is -0.465 e. The van der Waals surface area contributed by atoms with Crippen LogP contribution in [0.25, 0.3) is 0 Å². The summed E-state index contributed by atoms with van der Waals surface area (Å²) in [6.07, 6.45) is 4.19. The number of rotatable bonds is 5. The van der Waals surface area contributed by atoms with Gasteiger partial charge in [0.25, 0.3) is 0 Å². The van der Waals surface area contributed by atoms with Crippen LogP contribution in [0.4, 0.5) is 0 Å². The molecule has 2 rings (SSSR count). The molecule has 0 saturated heterocycles. The highest BCUT2D eigenvalue weighted by molar-refractivity contribution is 7.12. The zero-order valence-corrected chi connectivity index (χ0v) is 13.0. The fourth-order valence-corrected chi connectivity index (χ4v) is 3.72. The molecule has 112 valence electrons. The number of hydrogen-bond acceptors (Lipinski definition) is 5. The zero-order valence-electron chi connectivity index (χ0n) is 12.2. The molecule has 0 aromatic carbocycles. The highest BCUT2D eigenvalue weighted by Crippen LogP contribution is 2.26. The quantitative estimate of drug-likeness (QED) is 0.849. The van der Waals surface area contributed by atoms with E-state index in [1.807, 2.05) is 18.5 Å². The van der Waals surface area contributed by atoms with Gasteiger partial charge in [0.2, 0.25) is 0 Å². The second kappa shape index (κ2) is 7.20. The largest absolute Gasteiger partial charge is 0.465 e. The van der Waals surface area contributed by atoms with Crippen LogP contribution in [0.2, 0.25) is 0 Å². The Kier molecular flexibility index (Phi) is 5.57. The van der Waals surface area contributed by atoms with Gasteiger partial charge in [-0.15, -0.1) is 11.3 Å². The summed E-state index contributed by atoms with van der Waals surface area (Å²) >= 11 is 1.42. The number of aliphatic hydroxyl groups is 1. The zero-order chi connectivity index (χ0) is 14.5. The molecule has 1 fully saturated rings. The van der Waals surface area contributed by atoms with Crippen LogP contribution in [0.3, 0.4) is 0 Å². The highest BCUT2D eigenvalue weighted by atomic mass is 32.1. The SMILES string of the molecule is COC(=O)c1sccc1CN(C)CC1CCCCC1O. The molecule has 1 saturated carbocycles. The minimum absolute atomic E-state index is 0.172. The first-order valence-corrected chi connectivity index (χ1v) is 8.01. The lowest BCUT2D eigenvalue weighted by atomic mass is 9.86. The third-order valence-corrected chi connectivity index (χ3v) is 4.91. The molecule has 20 heavy (non-hydrogen) atoms. The summed E-state index contributed by atoms with van der Waals surface area (Å²) in [5.74, 6) is 0.0927. The topological polar surface area (TPSA) is 49.8 Å². The van der Waals surface area contributed by atoms with Crippen LogP contribution in [0.15, 0.2) is 11.4 Å². The number of methoxy groups -OCH3 is 1. The lowest BCUT2D eigenvalue weighted by Crippen LogP contribution is -2.34. The van der Waals surface area contributed by atoms with Crippen LogP contribution in [0.5, 0.6) is 0 Å². The van der Waals surface area contributed by atoms with Crippen molar-refractivity contribution < 1.29 is 14.6 Å². The summed E-state index contributed by atoms with van der Waals surface area (Å²) in [4.78, 5) is 14.5. The van der Waals surface area contributed by atoms with Crippen molar-refractivity contribution in [2.75, 3.05) is 20.7 Å². The van der Waals surface area contributed by atoms with Crippen LogP contribution in [-0.2, 0) is 11.3 Å². The molecule has 0 aliphatic heterocycles. The van der Waals surface area contributed by atoms with E-state index in [-0.39, 0.29) is 12.1 Å². The van der Waals surface area contributed by atoms with Gasteiger partial charge in [0.1, 0.15) is 4.88 Å². The number of ether oxygens (including phenoxy) is 1. The maximum Gasteiger partial charge on any atom is 0.348 e. The van der Waals surface area contributed by atoms with Crippen molar-refractivity contribution in [1.82, 2.24) is 4.90 Å². The molecule has 1 N–H and O–H groups in total. The number of hydrogen-bond donors (Lipinski definition) is 1. The Labute approximate surface area is 124 Å². The molecular weight excluding hydrogens is 274 g/mol. The monoisotopic (exact) mass is 297 g/mol. The smallest absolute Gasteiger partial charge is 0.348 e. The maximum absolute atomic E-state index is 11.6. The van der Waals surface area contributed by atoms with E-state index in [4.69, 9.17) is 4.74 Å². The molecule has 2 unspecified atom stereocenters. The number of aliphatic hydroxyl groups excluding tert-OH is 1. The van der Waals surface area contributed by atoms with Gasteiger partial charge in [-0.25, -0.2) is 4.79 Å². The molecule has 0 amide bonds. The summed E-state index contributed by atoms with van der Waals surface area (Å²) in [5, 5.41) is 11.9. The highest BCUT2D eigenvalue weighted by Gasteiger charge is 2.24. The molecule has 1 aromatic heterocycles. The van der Waals surface area contributed by atoms with Gasteiger partial charge in [-0.2, -0.15) is 0 Å². The van der Waals surface area contributed by atoms with Gasteiger partial charge in [0.05, 0.1) is 13.2 Å². The third-order valence-electron chi connectivity index (χ3n) is 3.97. The molecule has 0 bridgehead atoms. The molecule has 1 aliphatic carbocycles. The fourth-order valence-electron chi connectivity index (χ4n) is 2.89. The van der Waals surface area contributed by atoms with Crippen molar-refractivity contribution in [2.45, 2.75) is 38.3 Å². The molecule has 1 aliphatic rings. The number of nitrogens with zero attached hydrogens (tertiary/aromatic N) is 1. The van der Waals surface area contributed by atoms with Crippen molar-refractivity contribution >= 4 is 17.3 Å². The van der Waals surface area contributed by atoms with Gasteiger partial charge in [0, 0.05) is 13.1 Å². The minimum atomic E-state index is -0.263. The van der Waals surface area contributed by atoms with Crippen LogP contribution in [-0.4, -0.2) is 42.8 Å². The Hall–Kier alpha value is -0.910. The lowest BCUT2D eigenvalue weighted by Gasteiger charge is -2.31. The molecule has 0 radical (unpaired) electrons. The Morgan fingerprint density at radius 3 is 2.95 bits per heavy atom. The average molecular weight is 297 g/mol. The van der Waals surface area contributed by atoms with Crippen LogP contribution in [0.1, 0.15) is 40.9 Å². The summed E-state index contributed by atoms with van der Waals surface area (Å²) in [5.41, 5.74) is 1.01. The van der Waals surface area contributed by atoms with Gasteiger partial charge >= 0.3 is 5.97 Å². The number of carbonyl (C=O) groups is 1. The molecule has 2 atom stereocenters. The summed E-state index contributed by atoms with van der Waals surface area (Å²) < 4.78 is 4.80. The van der Waals surface area contributed by atoms with Crippen LogP contribution < -0.4 is 0 Å². The third kappa shape index (κ3) is 3.81. The van der Waals surface area contributed by atoms with E-state index in [0.29, 0.717) is 10.8 Å². The Bertz CT molecular complexity index is 446. The van der Waals surface area contributed by atoms with Crippen molar-refractivity contribution in [3.05, 3.63) is 21.9 Å². The van der Waals surface area contributed by atoms with Crippen molar-refractivity contribution in [1.29, 1.82) is 0 Å². The normalized spacial score (nSPS) is 23.0. The van der Waals surface area contributed by atoms with Crippen molar-refractivity contribution in [2.24, 2.45) is 5.92 Å². The Balaban J connectivity index is 1.92. The Morgan fingerprint density at radius 2 is 2.25 bits per heavy atom. The predicted molar refractivity (Wildman–Crippen MR) is 80.0 cm³/mol. The van der Waals surface area contributed by atoms with E-state index in [1.54, 1.807) is 0 Å². The van der Waals surface area contributed by atoms with Gasteiger partial charge in [0.15, 0.2) is 0 Å².